The van der Waals surface area contributed by atoms with Crippen molar-refractivity contribution < 1.29 is 14.3 Å². The second-order valence-corrected chi connectivity index (χ2v) is 3.57. The monoisotopic (exact) mass is 208 g/mol. The van der Waals surface area contributed by atoms with Crippen molar-refractivity contribution in [2.24, 2.45) is 13.0 Å². The smallest absolute Gasteiger partial charge is 0.211 e. The van der Waals surface area contributed by atoms with Gasteiger partial charge in [-0.15, -0.1) is 0 Å². The zero-order valence-corrected chi connectivity index (χ0v) is 8.47. The van der Waals surface area contributed by atoms with E-state index in [1.54, 1.807) is 24.0 Å². The van der Waals surface area contributed by atoms with Crippen LogP contribution < -0.4 is 0 Å². The lowest BCUT2D eigenvalue weighted by atomic mass is 9.95. The molecule has 0 radical (unpaired) electrons. The molecule has 1 aliphatic heterocycles. The van der Waals surface area contributed by atoms with Crippen LogP contribution in [0.25, 0.3) is 0 Å². The second kappa shape index (κ2) is 3.94. The van der Waals surface area contributed by atoms with E-state index in [4.69, 9.17) is 4.74 Å². The van der Waals surface area contributed by atoms with Crippen LogP contribution in [0.15, 0.2) is 12.4 Å². The van der Waals surface area contributed by atoms with Crippen LogP contribution in [0.4, 0.5) is 0 Å². The fourth-order valence-corrected chi connectivity index (χ4v) is 1.62. The molecule has 0 saturated carbocycles. The Kier molecular flexibility index (Phi) is 2.64. The van der Waals surface area contributed by atoms with Crippen molar-refractivity contribution in [2.75, 3.05) is 13.2 Å². The van der Waals surface area contributed by atoms with Crippen molar-refractivity contribution in [3.05, 3.63) is 18.2 Å². The van der Waals surface area contributed by atoms with Gasteiger partial charge in [-0.2, -0.15) is 0 Å². The van der Waals surface area contributed by atoms with Crippen LogP contribution in [0.2, 0.25) is 0 Å². The van der Waals surface area contributed by atoms with Crippen LogP contribution in [-0.2, 0) is 16.6 Å². The van der Waals surface area contributed by atoms with E-state index in [1.807, 2.05) is 0 Å². The maximum absolute atomic E-state index is 11.9. The molecule has 1 atom stereocenters. The summed E-state index contributed by atoms with van der Waals surface area (Å²) >= 11 is 0. The van der Waals surface area contributed by atoms with Crippen LogP contribution in [0.5, 0.6) is 0 Å². The van der Waals surface area contributed by atoms with E-state index in [2.05, 4.69) is 4.98 Å². The Labute approximate surface area is 87.1 Å². The van der Waals surface area contributed by atoms with Gasteiger partial charge in [0.25, 0.3) is 0 Å². The Bertz CT molecular complexity index is 397. The molecule has 1 aliphatic rings. The van der Waals surface area contributed by atoms with Gasteiger partial charge >= 0.3 is 0 Å². The molecular weight excluding hydrogens is 196 g/mol. The summed E-state index contributed by atoms with van der Waals surface area (Å²) in [6.07, 6.45) is 3.55. The standard InChI is InChI=1S/C10H12N2O3/c1-12-4-3-11-10(12)9(14)7-6-15-5-2-8(7)13/h3-4,7H,2,5-6H2,1H3. The molecule has 0 amide bonds. The van der Waals surface area contributed by atoms with E-state index in [-0.39, 0.29) is 18.2 Å². The molecule has 1 saturated heterocycles. The SMILES string of the molecule is Cn1ccnc1C(=O)C1COCCC1=O. The van der Waals surface area contributed by atoms with Crippen LogP contribution in [-0.4, -0.2) is 34.3 Å². The molecule has 1 aromatic heterocycles. The lowest BCUT2D eigenvalue weighted by Gasteiger charge is -2.19. The van der Waals surface area contributed by atoms with E-state index < -0.39 is 5.92 Å². The third-order valence-electron chi connectivity index (χ3n) is 2.52. The van der Waals surface area contributed by atoms with Gasteiger partial charge < -0.3 is 9.30 Å². The highest BCUT2D eigenvalue weighted by Crippen LogP contribution is 2.14. The van der Waals surface area contributed by atoms with Gasteiger partial charge in [-0.3, -0.25) is 9.59 Å². The Morgan fingerprint density at radius 1 is 1.67 bits per heavy atom. The van der Waals surface area contributed by atoms with Crippen molar-refractivity contribution in [3.8, 4) is 0 Å². The predicted octanol–water partition coefficient (Wildman–Crippen LogP) is 0.208. The second-order valence-electron chi connectivity index (χ2n) is 3.57. The summed E-state index contributed by atoms with van der Waals surface area (Å²) < 4.78 is 6.75. The van der Waals surface area contributed by atoms with Gasteiger partial charge in [-0.1, -0.05) is 0 Å². The Balaban J connectivity index is 2.20. The van der Waals surface area contributed by atoms with Gasteiger partial charge in [-0.05, 0) is 0 Å². The highest BCUT2D eigenvalue weighted by Gasteiger charge is 2.32. The number of rotatable bonds is 2. The fourth-order valence-electron chi connectivity index (χ4n) is 1.62. The fraction of sp³-hybridized carbons (Fsp3) is 0.500. The quantitative estimate of drug-likeness (QED) is 0.515. The lowest BCUT2D eigenvalue weighted by Crippen LogP contribution is -2.35. The molecule has 5 nitrogen and oxygen atoms in total. The van der Waals surface area contributed by atoms with Crippen molar-refractivity contribution in [2.45, 2.75) is 6.42 Å². The number of imidazole rings is 1. The van der Waals surface area contributed by atoms with Crippen LogP contribution >= 0.6 is 0 Å². The van der Waals surface area contributed by atoms with Crippen molar-refractivity contribution in [1.29, 1.82) is 0 Å². The summed E-state index contributed by atoms with van der Waals surface area (Å²) in [6, 6.07) is 0. The largest absolute Gasteiger partial charge is 0.380 e. The molecule has 1 unspecified atom stereocenters. The van der Waals surface area contributed by atoms with E-state index in [0.717, 1.165) is 0 Å². The van der Waals surface area contributed by atoms with E-state index >= 15 is 0 Å². The Hall–Kier alpha value is -1.49. The van der Waals surface area contributed by atoms with Gasteiger partial charge in [0, 0.05) is 25.9 Å². The number of nitrogens with zero attached hydrogens (tertiary/aromatic N) is 2. The van der Waals surface area contributed by atoms with Crippen molar-refractivity contribution in [1.82, 2.24) is 9.55 Å². The third kappa shape index (κ3) is 1.83. The maximum atomic E-state index is 11.9. The number of carbonyl (C=O) groups is 2. The molecule has 0 aromatic carbocycles. The average molecular weight is 208 g/mol. The minimum atomic E-state index is -0.667. The first-order chi connectivity index (χ1) is 7.20. The Morgan fingerprint density at radius 2 is 2.47 bits per heavy atom. The minimum absolute atomic E-state index is 0.0470. The summed E-state index contributed by atoms with van der Waals surface area (Å²) in [5, 5.41) is 0. The molecule has 1 aromatic rings. The van der Waals surface area contributed by atoms with Gasteiger partial charge in [0.2, 0.25) is 5.78 Å². The average Bonchev–Trinajstić information content (AvgIpc) is 2.64. The first-order valence-corrected chi connectivity index (χ1v) is 4.82. The summed E-state index contributed by atoms with van der Waals surface area (Å²) in [6.45, 7) is 0.605. The van der Waals surface area contributed by atoms with Gasteiger partial charge in [0.05, 0.1) is 13.2 Å². The zero-order valence-electron chi connectivity index (χ0n) is 8.47. The highest BCUT2D eigenvalue weighted by atomic mass is 16.5. The molecule has 0 bridgehead atoms. The molecule has 80 valence electrons. The zero-order chi connectivity index (χ0) is 10.8. The number of hydrogen-bond donors (Lipinski definition) is 0. The number of Topliss-reactive ketones (excluding diaryl/α,β-unsaturated/α-hetero) is 2. The summed E-state index contributed by atoms with van der Waals surface area (Å²) in [7, 11) is 1.73. The summed E-state index contributed by atoms with van der Waals surface area (Å²) in [5.41, 5.74) is 0. The van der Waals surface area contributed by atoms with Gasteiger partial charge in [0.15, 0.2) is 5.82 Å². The number of aryl methyl sites for hydroxylation is 1. The maximum Gasteiger partial charge on any atom is 0.211 e. The topological polar surface area (TPSA) is 61.2 Å². The van der Waals surface area contributed by atoms with Crippen molar-refractivity contribution in [3.63, 3.8) is 0 Å². The third-order valence-corrected chi connectivity index (χ3v) is 2.52. The normalized spacial score (nSPS) is 21.7. The summed E-state index contributed by atoms with van der Waals surface area (Å²) in [5.74, 6) is -0.639. The molecule has 0 aliphatic carbocycles. The molecular formula is C10H12N2O3. The van der Waals surface area contributed by atoms with Crippen LogP contribution in [0, 0.1) is 5.92 Å². The number of ketones is 2. The molecule has 1 fully saturated rings. The first kappa shape index (κ1) is 10.0. The molecule has 15 heavy (non-hydrogen) atoms. The predicted molar refractivity (Wildman–Crippen MR) is 51.5 cm³/mol. The number of ether oxygens (including phenoxy) is 1. The molecule has 5 heteroatoms. The van der Waals surface area contributed by atoms with Crippen LogP contribution in [0.1, 0.15) is 17.0 Å². The lowest BCUT2D eigenvalue weighted by molar-refractivity contribution is -0.128. The van der Waals surface area contributed by atoms with E-state index in [9.17, 15) is 9.59 Å². The summed E-state index contributed by atoms with van der Waals surface area (Å²) in [4.78, 5) is 27.3. The highest BCUT2D eigenvalue weighted by molar-refractivity contribution is 6.09. The number of hydrogen-bond acceptors (Lipinski definition) is 4. The van der Waals surface area contributed by atoms with Crippen LogP contribution in [0.3, 0.4) is 0 Å². The Morgan fingerprint density at radius 3 is 3.07 bits per heavy atom. The van der Waals surface area contributed by atoms with Gasteiger partial charge in [-0.25, -0.2) is 4.98 Å². The number of aromatic nitrogens is 2. The van der Waals surface area contributed by atoms with Crippen molar-refractivity contribution >= 4 is 11.6 Å². The molecule has 0 N–H and O–H groups in total. The molecule has 2 heterocycles. The molecule has 2 rings (SSSR count). The van der Waals surface area contributed by atoms with Gasteiger partial charge in [0.1, 0.15) is 11.7 Å². The van der Waals surface area contributed by atoms with E-state index in [1.165, 1.54) is 0 Å². The minimum Gasteiger partial charge on any atom is -0.380 e. The molecule has 0 spiro atoms. The first-order valence-electron chi connectivity index (χ1n) is 4.82. The van der Waals surface area contributed by atoms with E-state index in [0.29, 0.717) is 18.9 Å². The number of carbonyl (C=O) groups excluding carboxylic acids is 2.